The fourth-order valence-corrected chi connectivity index (χ4v) is 4.93. The van der Waals surface area contributed by atoms with Crippen LogP contribution >= 0.6 is 0 Å². The van der Waals surface area contributed by atoms with Crippen molar-refractivity contribution in [1.82, 2.24) is 15.2 Å². The number of likely N-dealkylation sites (tertiary alicyclic amines) is 1. The number of fused-ring (bicyclic) bond motifs is 1. The fourth-order valence-electron chi connectivity index (χ4n) is 4.93. The average Bonchev–Trinajstić information content (AvgIpc) is 3.25. The highest BCUT2D eigenvalue weighted by molar-refractivity contribution is 5.84. The van der Waals surface area contributed by atoms with Crippen molar-refractivity contribution in [2.45, 2.75) is 45.1 Å². The van der Waals surface area contributed by atoms with Crippen molar-refractivity contribution in [3.8, 4) is 11.5 Å². The lowest BCUT2D eigenvalue weighted by molar-refractivity contribution is 0.198. The molecule has 172 valence electrons. The van der Waals surface area contributed by atoms with Gasteiger partial charge in [-0.05, 0) is 75.1 Å². The Morgan fingerprint density at radius 3 is 2.66 bits per heavy atom. The van der Waals surface area contributed by atoms with Crippen molar-refractivity contribution in [2.24, 2.45) is 0 Å². The molecule has 2 aromatic carbocycles. The molecule has 1 aromatic heterocycles. The smallest absolute Gasteiger partial charge is 0.161 e. The summed E-state index contributed by atoms with van der Waals surface area (Å²) >= 11 is 0. The van der Waals surface area contributed by atoms with Crippen LogP contribution < -0.4 is 14.8 Å². The maximum atomic E-state index is 5.76. The average molecular weight is 436 g/mol. The molecule has 0 aliphatic carbocycles. The third-order valence-electron chi connectivity index (χ3n) is 6.62. The Balaban J connectivity index is 1.58. The number of nitrogens with one attached hydrogen (secondary N) is 2. The van der Waals surface area contributed by atoms with Crippen molar-refractivity contribution in [3.05, 3.63) is 59.8 Å². The predicted octanol–water partition coefficient (Wildman–Crippen LogP) is 5.17. The van der Waals surface area contributed by atoms with Crippen LogP contribution in [-0.4, -0.2) is 55.8 Å². The van der Waals surface area contributed by atoms with E-state index in [-0.39, 0.29) is 5.92 Å². The maximum Gasteiger partial charge on any atom is 0.161 e. The largest absolute Gasteiger partial charge is 0.493 e. The Hall–Kier alpha value is -2.50. The summed E-state index contributed by atoms with van der Waals surface area (Å²) in [5.74, 6) is 1.82. The summed E-state index contributed by atoms with van der Waals surface area (Å²) in [6.45, 7) is 9.40. The summed E-state index contributed by atoms with van der Waals surface area (Å²) in [6.07, 6.45) is 5.84. The summed E-state index contributed by atoms with van der Waals surface area (Å²) in [5, 5.41) is 5.18. The molecule has 1 fully saturated rings. The molecule has 2 heterocycles. The number of H-pyrrole nitrogens is 1. The van der Waals surface area contributed by atoms with E-state index in [1.165, 1.54) is 60.9 Å². The fraction of sp³-hybridized carbons (Fsp3) is 0.481. The van der Waals surface area contributed by atoms with Crippen molar-refractivity contribution >= 4 is 10.9 Å². The van der Waals surface area contributed by atoms with Crippen LogP contribution in [0.25, 0.3) is 10.9 Å². The first kappa shape index (κ1) is 22.7. The Kier molecular flexibility index (Phi) is 7.72. The standard InChI is InChI=1S/C27H37N3O2/c1-4-14-30-15-12-21(13-16-30)28-18-23(24-19-29-25-9-7-6-8-22(24)25)20-10-11-26(32-5-2)27(17-20)31-3/h6-11,17,19,21,23,28-29H,4-5,12-16,18H2,1-3H3/t23-/m0/s1. The van der Waals surface area contributed by atoms with Gasteiger partial charge in [-0.3, -0.25) is 0 Å². The lowest BCUT2D eigenvalue weighted by atomic mass is 9.90. The van der Waals surface area contributed by atoms with Gasteiger partial charge >= 0.3 is 0 Å². The molecule has 0 saturated carbocycles. The van der Waals surface area contributed by atoms with Crippen LogP contribution in [0.15, 0.2) is 48.7 Å². The number of para-hydroxylation sites is 1. The second-order valence-electron chi connectivity index (χ2n) is 8.71. The van der Waals surface area contributed by atoms with Gasteiger partial charge in [-0.1, -0.05) is 31.2 Å². The van der Waals surface area contributed by atoms with Crippen LogP contribution in [0, 0.1) is 0 Å². The number of hydrogen-bond acceptors (Lipinski definition) is 4. The maximum absolute atomic E-state index is 5.76. The normalized spacial score (nSPS) is 16.3. The Labute approximate surface area is 192 Å². The minimum atomic E-state index is 0.226. The summed E-state index contributed by atoms with van der Waals surface area (Å²) in [6, 6.07) is 15.5. The van der Waals surface area contributed by atoms with Crippen molar-refractivity contribution < 1.29 is 9.47 Å². The zero-order chi connectivity index (χ0) is 22.3. The Bertz CT molecular complexity index is 991. The monoisotopic (exact) mass is 435 g/mol. The van der Waals surface area contributed by atoms with E-state index in [0.29, 0.717) is 12.6 Å². The van der Waals surface area contributed by atoms with Gasteiger partial charge in [-0.25, -0.2) is 0 Å². The van der Waals surface area contributed by atoms with Gasteiger partial charge in [0.25, 0.3) is 0 Å². The summed E-state index contributed by atoms with van der Waals surface area (Å²) in [5.41, 5.74) is 3.74. The molecular weight excluding hydrogens is 398 g/mol. The molecule has 32 heavy (non-hydrogen) atoms. The van der Waals surface area contributed by atoms with Crippen LogP contribution in [0.4, 0.5) is 0 Å². The lowest BCUT2D eigenvalue weighted by Crippen LogP contribution is -2.43. The van der Waals surface area contributed by atoms with E-state index in [4.69, 9.17) is 9.47 Å². The molecule has 0 unspecified atom stereocenters. The number of aromatic amines is 1. The predicted molar refractivity (Wildman–Crippen MR) is 132 cm³/mol. The van der Waals surface area contributed by atoms with Gasteiger partial charge in [0.1, 0.15) is 0 Å². The highest BCUT2D eigenvalue weighted by atomic mass is 16.5. The molecule has 4 rings (SSSR count). The summed E-state index contributed by atoms with van der Waals surface area (Å²) in [7, 11) is 1.71. The van der Waals surface area contributed by atoms with E-state index in [1.807, 2.05) is 13.0 Å². The van der Waals surface area contributed by atoms with Crippen LogP contribution in [0.3, 0.4) is 0 Å². The molecule has 0 amide bonds. The Morgan fingerprint density at radius 1 is 1.09 bits per heavy atom. The first-order valence-corrected chi connectivity index (χ1v) is 12.1. The first-order chi connectivity index (χ1) is 15.7. The SMILES string of the molecule is CCCN1CCC(NC[C@@H](c2ccc(OCC)c(OC)c2)c2c[nH]c3ccccc23)CC1. The van der Waals surface area contributed by atoms with E-state index < -0.39 is 0 Å². The number of aromatic nitrogens is 1. The topological polar surface area (TPSA) is 49.5 Å². The highest BCUT2D eigenvalue weighted by Gasteiger charge is 2.23. The first-order valence-electron chi connectivity index (χ1n) is 12.1. The summed E-state index contributed by atoms with van der Waals surface area (Å²) in [4.78, 5) is 6.06. The second kappa shape index (κ2) is 10.9. The molecule has 1 saturated heterocycles. The number of benzene rings is 2. The number of hydrogen-bond donors (Lipinski definition) is 2. The van der Waals surface area contributed by atoms with E-state index in [2.05, 4.69) is 64.7 Å². The van der Waals surface area contributed by atoms with Crippen LogP contribution in [0.5, 0.6) is 11.5 Å². The zero-order valence-electron chi connectivity index (χ0n) is 19.7. The Morgan fingerprint density at radius 2 is 1.91 bits per heavy atom. The van der Waals surface area contributed by atoms with Crippen molar-refractivity contribution in [1.29, 1.82) is 0 Å². The van der Waals surface area contributed by atoms with E-state index >= 15 is 0 Å². The van der Waals surface area contributed by atoms with Gasteiger partial charge in [-0.15, -0.1) is 0 Å². The van der Waals surface area contributed by atoms with Gasteiger partial charge in [0, 0.05) is 35.6 Å². The van der Waals surface area contributed by atoms with Gasteiger partial charge in [0.2, 0.25) is 0 Å². The third kappa shape index (κ3) is 5.11. The minimum absolute atomic E-state index is 0.226. The molecular formula is C27H37N3O2. The zero-order valence-corrected chi connectivity index (χ0v) is 19.7. The van der Waals surface area contributed by atoms with E-state index in [0.717, 1.165) is 18.0 Å². The van der Waals surface area contributed by atoms with Gasteiger partial charge in [0.05, 0.1) is 13.7 Å². The van der Waals surface area contributed by atoms with Crippen molar-refractivity contribution in [3.63, 3.8) is 0 Å². The number of rotatable bonds is 10. The number of nitrogens with zero attached hydrogens (tertiary/aromatic N) is 1. The molecule has 0 radical (unpaired) electrons. The van der Waals surface area contributed by atoms with Gasteiger partial charge < -0.3 is 24.7 Å². The molecule has 1 aliphatic rings. The molecule has 1 aliphatic heterocycles. The van der Waals surface area contributed by atoms with Gasteiger partial charge in [0.15, 0.2) is 11.5 Å². The van der Waals surface area contributed by atoms with Crippen LogP contribution in [0.1, 0.15) is 50.2 Å². The molecule has 5 heteroatoms. The lowest BCUT2D eigenvalue weighted by Gasteiger charge is -2.33. The number of methoxy groups -OCH3 is 1. The van der Waals surface area contributed by atoms with Crippen LogP contribution in [-0.2, 0) is 0 Å². The van der Waals surface area contributed by atoms with E-state index in [9.17, 15) is 0 Å². The molecule has 3 aromatic rings. The number of piperidine rings is 1. The highest BCUT2D eigenvalue weighted by Crippen LogP contribution is 2.36. The quantitative estimate of drug-likeness (QED) is 0.461. The number of ether oxygens (including phenoxy) is 2. The molecule has 0 bridgehead atoms. The molecule has 5 nitrogen and oxygen atoms in total. The molecule has 2 N–H and O–H groups in total. The molecule has 0 spiro atoms. The van der Waals surface area contributed by atoms with E-state index in [1.54, 1.807) is 7.11 Å². The molecule has 1 atom stereocenters. The van der Waals surface area contributed by atoms with Gasteiger partial charge in [-0.2, -0.15) is 0 Å². The van der Waals surface area contributed by atoms with Crippen molar-refractivity contribution in [2.75, 3.05) is 39.9 Å². The summed E-state index contributed by atoms with van der Waals surface area (Å²) < 4.78 is 11.4. The minimum Gasteiger partial charge on any atom is -0.493 e. The second-order valence-corrected chi connectivity index (χ2v) is 8.71. The third-order valence-corrected chi connectivity index (χ3v) is 6.62. The van der Waals surface area contributed by atoms with Crippen LogP contribution in [0.2, 0.25) is 0 Å².